The fraction of sp³-hybridized carbons (Fsp3) is 0.588. The van der Waals surface area contributed by atoms with E-state index in [1.165, 1.54) is 32.4 Å². The third kappa shape index (κ3) is 5.05. The highest BCUT2D eigenvalue weighted by atomic mass is 16.5. The number of nitrogen functional groups attached to an aromatic ring is 1. The molecule has 1 aromatic rings. The average molecular weight is 289 g/mol. The van der Waals surface area contributed by atoms with Gasteiger partial charge in [0.15, 0.2) is 0 Å². The molecule has 0 saturated carbocycles. The van der Waals surface area contributed by atoms with Gasteiger partial charge in [-0.25, -0.2) is 0 Å². The van der Waals surface area contributed by atoms with Crippen molar-refractivity contribution in [2.24, 2.45) is 11.1 Å². The molecule has 116 valence electrons. The zero-order chi connectivity index (χ0) is 15.3. The third-order valence-corrected chi connectivity index (χ3v) is 4.27. The van der Waals surface area contributed by atoms with Crippen molar-refractivity contribution >= 4 is 5.84 Å². The highest BCUT2D eigenvalue weighted by molar-refractivity contribution is 5.94. The van der Waals surface area contributed by atoms with Crippen LogP contribution in [0.4, 0.5) is 0 Å². The van der Waals surface area contributed by atoms with Crippen molar-refractivity contribution in [1.29, 1.82) is 5.41 Å². The zero-order valence-electron chi connectivity index (χ0n) is 13.2. The molecule has 2 rings (SSSR count). The third-order valence-electron chi connectivity index (χ3n) is 4.27. The van der Waals surface area contributed by atoms with E-state index in [9.17, 15) is 0 Å². The molecule has 4 heteroatoms. The van der Waals surface area contributed by atoms with Gasteiger partial charge in [0.25, 0.3) is 0 Å². The molecule has 1 aliphatic rings. The zero-order valence-corrected chi connectivity index (χ0v) is 13.2. The minimum Gasteiger partial charge on any atom is -0.492 e. The number of benzene rings is 1. The van der Waals surface area contributed by atoms with Gasteiger partial charge in [0.05, 0.1) is 0 Å². The van der Waals surface area contributed by atoms with E-state index >= 15 is 0 Å². The highest BCUT2D eigenvalue weighted by Crippen LogP contribution is 2.29. The molecule has 4 nitrogen and oxygen atoms in total. The Morgan fingerprint density at radius 3 is 2.62 bits per heavy atom. The van der Waals surface area contributed by atoms with Crippen LogP contribution in [-0.4, -0.2) is 37.0 Å². The number of nitrogens with one attached hydrogen (secondary N) is 1. The summed E-state index contributed by atoms with van der Waals surface area (Å²) in [7, 11) is 0. The fourth-order valence-electron chi connectivity index (χ4n) is 2.73. The van der Waals surface area contributed by atoms with Crippen LogP contribution < -0.4 is 10.5 Å². The summed E-state index contributed by atoms with van der Waals surface area (Å²) in [6.45, 7) is 8.76. The Morgan fingerprint density at radius 2 is 1.95 bits per heavy atom. The second-order valence-electron chi connectivity index (χ2n) is 6.65. The second-order valence-corrected chi connectivity index (χ2v) is 6.65. The first-order valence-corrected chi connectivity index (χ1v) is 7.76. The van der Waals surface area contributed by atoms with Gasteiger partial charge < -0.3 is 10.5 Å². The molecule has 3 N–H and O–H groups in total. The molecule has 0 atom stereocenters. The van der Waals surface area contributed by atoms with Gasteiger partial charge in [0.2, 0.25) is 0 Å². The van der Waals surface area contributed by atoms with Crippen LogP contribution in [0.15, 0.2) is 24.3 Å². The number of hydrogen-bond acceptors (Lipinski definition) is 3. The maximum absolute atomic E-state index is 7.36. The lowest BCUT2D eigenvalue weighted by atomic mass is 9.85. The molecule has 1 aliphatic heterocycles. The molecule has 1 aromatic carbocycles. The molecule has 0 aliphatic carbocycles. The summed E-state index contributed by atoms with van der Waals surface area (Å²) in [6.07, 6.45) is 3.86. The SMILES string of the molecule is CC1(C)CCCN(CCOc2ccc(C(=N)N)cc2)CC1. The largest absolute Gasteiger partial charge is 0.492 e. The van der Waals surface area contributed by atoms with Crippen LogP contribution in [0.1, 0.15) is 38.7 Å². The van der Waals surface area contributed by atoms with Crippen molar-refractivity contribution in [3.05, 3.63) is 29.8 Å². The van der Waals surface area contributed by atoms with Crippen molar-refractivity contribution in [2.45, 2.75) is 33.1 Å². The van der Waals surface area contributed by atoms with Gasteiger partial charge in [0, 0.05) is 12.1 Å². The Morgan fingerprint density at radius 1 is 1.24 bits per heavy atom. The summed E-state index contributed by atoms with van der Waals surface area (Å²) in [5.41, 5.74) is 6.65. The van der Waals surface area contributed by atoms with Crippen molar-refractivity contribution in [2.75, 3.05) is 26.2 Å². The minimum absolute atomic E-state index is 0.0914. The van der Waals surface area contributed by atoms with Gasteiger partial charge in [-0.05, 0) is 62.0 Å². The quantitative estimate of drug-likeness (QED) is 0.647. The van der Waals surface area contributed by atoms with Crippen LogP contribution in [0.2, 0.25) is 0 Å². The molecule has 1 saturated heterocycles. The van der Waals surface area contributed by atoms with E-state index in [1.807, 2.05) is 24.3 Å². The van der Waals surface area contributed by atoms with Crippen molar-refractivity contribution < 1.29 is 4.74 Å². The van der Waals surface area contributed by atoms with E-state index in [4.69, 9.17) is 15.9 Å². The fourth-order valence-corrected chi connectivity index (χ4v) is 2.73. The summed E-state index contributed by atoms with van der Waals surface area (Å²) in [6, 6.07) is 7.41. The Kier molecular flexibility index (Phi) is 5.23. The van der Waals surface area contributed by atoms with Crippen LogP contribution in [0.3, 0.4) is 0 Å². The molecular weight excluding hydrogens is 262 g/mol. The molecule has 0 bridgehead atoms. The number of rotatable bonds is 5. The Hall–Kier alpha value is -1.55. The molecule has 0 aromatic heterocycles. The summed E-state index contributed by atoms with van der Waals surface area (Å²) in [4.78, 5) is 2.50. The van der Waals surface area contributed by atoms with E-state index < -0.39 is 0 Å². The van der Waals surface area contributed by atoms with Crippen LogP contribution in [0.5, 0.6) is 5.75 Å². The van der Waals surface area contributed by atoms with Crippen LogP contribution in [0, 0.1) is 10.8 Å². The summed E-state index contributed by atoms with van der Waals surface area (Å²) >= 11 is 0. The topological polar surface area (TPSA) is 62.3 Å². The van der Waals surface area contributed by atoms with E-state index in [2.05, 4.69) is 18.7 Å². The molecule has 0 amide bonds. The van der Waals surface area contributed by atoms with Crippen molar-refractivity contribution in [1.82, 2.24) is 4.90 Å². The summed E-state index contributed by atoms with van der Waals surface area (Å²) in [5, 5.41) is 7.36. The smallest absolute Gasteiger partial charge is 0.122 e. The number of hydrogen-bond donors (Lipinski definition) is 2. The average Bonchev–Trinajstić information content (AvgIpc) is 2.61. The Bertz CT molecular complexity index is 467. The second kappa shape index (κ2) is 6.94. The monoisotopic (exact) mass is 289 g/mol. The molecule has 21 heavy (non-hydrogen) atoms. The lowest BCUT2D eigenvalue weighted by Crippen LogP contribution is -2.30. The highest BCUT2D eigenvalue weighted by Gasteiger charge is 2.22. The molecule has 1 fully saturated rings. The molecule has 1 heterocycles. The van der Waals surface area contributed by atoms with E-state index in [0.717, 1.165) is 17.9 Å². The van der Waals surface area contributed by atoms with Crippen molar-refractivity contribution in [3.8, 4) is 5.75 Å². The van der Waals surface area contributed by atoms with Gasteiger partial charge in [-0.2, -0.15) is 0 Å². The lowest BCUT2D eigenvalue weighted by Gasteiger charge is -2.23. The number of amidine groups is 1. The first-order valence-electron chi connectivity index (χ1n) is 7.76. The first-order chi connectivity index (χ1) is 9.96. The Labute approximate surface area is 127 Å². The minimum atomic E-state index is 0.0914. The Balaban J connectivity index is 1.75. The summed E-state index contributed by atoms with van der Waals surface area (Å²) < 4.78 is 5.78. The maximum Gasteiger partial charge on any atom is 0.122 e. The van der Waals surface area contributed by atoms with Crippen LogP contribution >= 0.6 is 0 Å². The molecule has 0 unspecified atom stereocenters. The predicted molar refractivity (Wildman–Crippen MR) is 87.0 cm³/mol. The van der Waals surface area contributed by atoms with E-state index in [-0.39, 0.29) is 5.84 Å². The van der Waals surface area contributed by atoms with Gasteiger partial charge >= 0.3 is 0 Å². The predicted octanol–water partition coefficient (Wildman–Crippen LogP) is 2.86. The summed E-state index contributed by atoms with van der Waals surface area (Å²) in [5.74, 6) is 0.934. The molecule has 0 radical (unpaired) electrons. The number of nitrogens with zero attached hydrogens (tertiary/aromatic N) is 1. The number of ether oxygens (including phenoxy) is 1. The van der Waals surface area contributed by atoms with Gasteiger partial charge in [-0.15, -0.1) is 0 Å². The molecular formula is C17H27N3O. The first kappa shape index (κ1) is 15.8. The molecule has 0 spiro atoms. The van der Waals surface area contributed by atoms with Crippen LogP contribution in [0.25, 0.3) is 0 Å². The van der Waals surface area contributed by atoms with Gasteiger partial charge in [-0.3, -0.25) is 10.3 Å². The van der Waals surface area contributed by atoms with Gasteiger partial charge in [-0.1, -0.05) is 13.8 Å². The normalized spacial score (nSPS) is 19.0. The van der Waals surface area contributed by atoms with Crippen molar-refractivity contribution in [3.63, 3.8) is 0 Å². The maximum atomic E-state index is 7.36. The van der Waals surface area contributed by atoms with E-state index in [0.29, 0.717) is 12.0 Å². The lowest BCUT2D eigenvalue weighted by molar-refractivity contribution is 0.207. The number of nitrogens with two attached hydrogens (primary N) is 1. The van der Waals surface area contributed by atoms with E-state index in [1.54, 1.807) is 0 Å². The van der Waals surface area contributed by atoms with Gasteiger partial charge in [0.1, 0.15) is 18.2 Å². The number of likely N-dealkylation sites (tertiary alicyclic amines) is 1. The van der Waals surface area contributed by atoms with Crippen LogP contribution in [-0.2, 0) is 0 Å². The standard InChI is InChI=1S/C17H27N3O/c1-17(2)8-3-10-20(11-9-17)12-13-21-15-6-4-14(5-7-15)16(18)19/h4-7H,3,8-13H2,1-2H3,(H3,18,19).